The van der Waals surface area contributed by atoms with E-state index < -0.39 is 6.09 Å². The van der Waals surface area contributed by atoms with Crippen molar-refractivity contribution in [3.8, 4) is 11.1 Å². The predicted molar refractivity (Wildman–Crippen MR) is 115 cm³/mol. The number of nitrogens with one attached hydrogen (secondary N) is 1. The summed E-state index contributed by atoms with van der Waals surface area (Å²) in [5, 5.41) is 7.45. The van der Waals surface area contributed by atoms with E-state index in [1.165, 1.54) is 7.11 Å². The Kier molecular flexibility index (Phi) is 7.23. The van der Waals surface area contributed by atoms with Gasteiger partial charge in [-0.2, -0.15) is 0 Å². The number of nitrogens with two attached hydrogens (primary N) is 1. The fraction of sp³-hybridized carbons (Fsp3) is 0.286. The number of carbonyl (C=O) groups excluding carboxylic acids is 2. The first-order chi connectivity index (χ1) is 13.4. The van der Waals surface area contributed by atoms with E-state index in [9.17, 15) is 9.59 Å². The Morgan fingerprint density at radius 1 is 1.14 bits per heavy atom. The molecule has 7 nitrogen and oxygen atoms in total. The van der Waals surface area contributed by atoms with E-state index in [1.54, 1.807) is 4.90 Å². The molecule has 1 unspecified atom stereocenters. The fourth-order valence-electron chi connectivity index (χ4n) is 3.33. The summed E-state index contributed by atoms with van der Waals surface area (Å²) in [4.78, 5) is 26.9. The van der Waals surface area contributed by atoms with Gasteiger partial charge >= 0.3 is 12.1 Å². The van der Waals surface area contributed by atoms with Crippen LogP contribution in [-0.4, -0.2) is 54.0 Å². The first-order valence-electron chi connectivity index (χ1n) is 9.10. The van der Waals surface area contributed by atoms with Crippen molar-refractivity contribution in [1.29, 1.82) is 5.41 Å². The van der Waals surface area contributed by atoms with Gasteiger partial charge in [-0.25, -0.2) is 14.5 Å². The molecule has 1 aliphatic heterocycles. The lowest BCUT2D eigenvalue weighted by atomic mass is 10.0. The highest BCUT2D eigenvalue weighted by atomic mass is 35.5. The molecular weight excluding hydrogens is 392 g/mol. The number of benzene rings is 2. The summed E-state index contributed by atoms with van der Waals surface area (Å²) < 4.78 is 4.68. The summed E-state index contributed by atoms with van der Waals surface area (Å²) in [5.74, 6) is 0.0541. The van der Waals surface area contributed by atoms with E-state index >= 15 is 0 Å². The molecule has 1 fully saturated rings. The molecule has 1 aliphatic rings. The molecule has 2 aromatic rings. The van der Waals surface area contributed by atoms with Gasteiger partial charge < -0.3 is 15.4 Å². The highest BCUT2D eigenvalue weighted by Gasteiger charge is 2.39. The van der Waals surface area contributed by atoms with Crippen LogP contribution in [0.25, 0.3) is 11.1 Å². The Balaban J connectivity index is 0.00000300. The zero-order valence-corrected chi connectivity index (χ0v) is 17.2. The van der Waals surface area contributed by atoms with Crippen molar-refractivity contribution in [3.63, 3.8) is 0 Å². The standard InChI is InChI=1S/C21H24N4O3.ClH/c1-14-13-24(20(26)25(14)21(27)28-2)12-11-15-3-5-16(6-4-15)17-7-9-18(10-8-17)19(22)23;/h3-10,14H,11-13H2,1-2H3,(H3,22,23);1H. The molecule has 0 radical (unpaired) electrons. The number of nitrogens with zero attached hydrogens (tertiary/aromatic N) is 2. The molecule has 29 heavy (non-hydrogen) atoms. The Hall–Kier alpha value is -3.06. The van der Waals surface area contributed by atoms with Crippen LogP contribution in [0.3, 0.4) is 0 Å². The largest absolute Gasteiger partial charge is 0.452 e. The smallest absolute Gasteiger partial charge is 0.418 e. The number of rotatable bonds is 5. The van der Waals surface area contributed by atoms with Crippen LogP contribution in [0.5, 0.6) is 0 Å². The van der Waals surface area contributed by atoms with Crippen LogP contribution in [0.2, 0.25) is 0 Å². The molecule has 1 atom stereocenters. The maximum atomic E-state index is 12.4. The Morgan fingerprint density at radius 3 is 2.21 bits per heavy atom. The zero-order chi connectivity index (χ0) is 20.3. The second-order valence-electron chi connectivity index (χ2n) is 6.86. The number of hydrogen-bond acceptors (Lipinski definition) is 4. The van der Waals surface area contributed by atoms with Crippen LogP contribution in [0.4, 0.5) is 9.59 Å². The van der Waals surface area contributed by atoms with Crippen molar-refractivity contribution in [2.75, 3.05) is 20.2 Å². The molecule has 3 amide bonds. The minimum absolute atomic E-state index is 0. The van der Waals surface area contributed by atoms with Gasteiger partial charge in [0.05, 0.1) is 13.2 Å². The Bertz CT molecular complexity index is 884. The van der Waals surface area contributed by atoms with Gasteiger partial charge in [-0.1, -0.05) is 48.5 Å². The van der Waals surface area contributed by atoms with Gasteiger partial charge in [0.1, 0.15) is 5.84 Å². The molecule has 1 heterocycles. The molecule has 3 N–H and O–H groups in total. The quantitative estimate of drug-likeness (QED) is 0.575. The van der Waals surface area contributed by atoms with E-state index in [0.29, 0.717) is 25.1 Å². The van der Waals surface area contributed by atoms with E-state index in [0.717, 1.165) is 21.6 Å². The lowest BCUT2D eigenvalue weighted by Crippen LogP contribution is -2.39. The molecule has 0 aliphatic carbocycles. The molecular formula is C21H25ClN4O3. The van der Waals surface area contributed by atoms with E-state index in [1.807, 2.05) is 55.5 Å². The summed E-state index contributed by atoms with van der Waals surface area (Å²) in [6.45, 7) is 2.89. The molecule has 3 rings (SSSR count). The number of methoxy groups -OCH3 is 1. The van der Waals surface area contributed by atoms with Crippen molar-refractivity contribution in [1.82, 2.24) is 9.80 Å². The van der Waals surface area contributed by atoms with Gasteiger partial charge in [0.25, 0.3) is 0 Å². The molecule has 2 aromatic carbocycles. The number of nitrogen functional groups attached to an aromatic ring is 1. The first kappa shape index (κ1) is 22.2. The van der Waals surface area contributed by atoms with Crippen molar-refractivity contribution < 1.29 is 14.3 Å². The highest BCUT2D eigenvalue weighted by molar-refractivity contribution is 5.95. The molecule has 1 saturated heterocycles. The number of amides is 3. The van der Waals surface area contributed by atoms with Gasteiger partial charge in [-0.05, 0) is 30.0 Å². The fourth-order valence-corrected chi connectivity index (χ4v) is 3.33. The second-order valence-corrected chi connectivity index (χ2v) is 6.86. The number of carbonyl (C=O) groups is 2. The predicted octanol–water partition coefficient (Wildman–Crippen LogP) is 3.49. The monoisotopic (exact) mass is 416 g/mol. The van der Waals surface area contributed by atoms with Gasteiger partial charge in [-0.3, -0.25) is 5.41 Å². The van der Waals surface area contributed by atoms with Gasteiger partial charge in [0.2, 0.25) is 0 Å². The molecule has 8 heteroatoms. The summed E-state index contributed by atoms with van der Waals surface area (Å²) in [5.41, 5.74) is 9.42. The second kappa shape index (κ2) is 9.43. The van der Waals surface area contributed by atoms with Crippen LogP contribution in [0, 0.1) is 5.41 Å². The molecule has 0 aromatic heterocycles. The Labute approximate surface area is 176 Å². The number of halogens is 1. The van der Waals surface area contributed by atoms with Crippen molar-refractivity contribution in [2.24, 2.45) is 5.73 Å². The number of ether oxygens (including phenoxy) is 1. The van der Waals surface area contributed by atoms with E-state index in [4.69, 9.17) is 11.1 Å². The average molecular weight is 417 g/mol. The SMILES string of the molecule is COC(=O)N1C(=O)N(CCc2ccc(-c3ccc(C(=N)N)cc3)cc2)CC1C.Cl. The minimum Gasteiger partial charge on any atom is -0.452 e. The molecule has 154 valence electrons. The third kappa shape index (κ3) is 4.86. The molecule has 0 saturated carbocycles. The zero-order valence-electron chi connectivity index (χ0n) is 16.4. The molecule has 0 bridgehead atoms. The van der Waals surface area contributed by atoms with Crippen molar-refractivity contribution in [2.45, 2.75) is 19.4 Å². The lowest BCUT2D eigenvalue weighted by Gasteiger charge is -2.17. The maximum absolute atomic E-state index is 12.4. The average Bonchev–Trinajstić information content (AvgIpc) is 2.99. The number of imide groups is 1. The van der Waals surface area contributed by atoms with Crippen LogP contribution in [0.1, 0.15) is 18.1 Å². The first-order valence-corrected chi connectivity index (χ1v) is 9.10. The normalized spacial score (nSPS) is 15.8. The van der Waals surface area contributed by atoms with E-state index in [2.05, 4.69) is 4.74 Å². The summed E-state index contributed by atoms with van der Waals surface area (Å²) in [6, 6.07) is 15.2. The lowest BCUT2D eigenvalue weighted by molar-refractivity contribution is 0.127. The van der Waals surface area contributed by atoms with E-state index in [-0.39, 0.29) is 30.3 Å². The summed E-state index contributed by atoms with van der Waals surface area (Å²) >= 11 is 0. The number of urea groups is 1. The topological polar surface area (TPSA) is 99.7 Å². The van der Waals surface area contributed by atoms with Crippen LogP contribution in [0.15, 0.2) is 48.5 Å². The third-order valence-corrected chi connectivity index (χ3v) is 4.93. The highest BCUT2D eigenvalue weighted by Crippen LogP contribution is 2.22. The van der Waals surface area contributed by atoms with Gasteiger partial charge in [-0.15, -0.1) is 12.4 Å². The van der Waals surface area contributed by atoms with Crippen LogP contribution < -0.4 is 5.73 Å². The maximum Gasteiger partial charge on any atom is 0.418 e. The number of amidine groups is 1. The van der Waals surface area contributed by atoms with Crippen molar-refractivity contribution >= 4 is 30.4 Å². The van der Waals surface area contributed by atoms with Gasteiger partial charge in [0, 0.05) is 18.7 Å². The summed E-state index contributed by atoms with van der Waals surface area (Å²) in [7, 11) is 1.28. The Morgan fingerprint density at radius 2 is 1.69 bits per heavy atom. The summed E-state index contributed by atoms with van der Waals surface area (Å²) in [6.07, 6.45) is 0.0944. The number of hydrogen-bond donors (Lipinski definition) is 2. The van der Waals surface area contributed by atoms with Crippen LogP contribution in [-0.2, 0) is 11.2 Å². The van der Waals surface area contributed by atoms with Crippen molar-refractivity contribution in [3.05, 3.63) is 59.7 Å². The molecule has 0 spiro atoms. The third-order valence-electron chi connectivity index (χ3n) is 4.93. The van der Waals surface area contributed by atoms with Crippen LogP contribution >= 0.6 is 12.4 Å². The van der Waals surface area contributed by atoms with Gasteiger partial charge in [0.15, 0.2) is 0 Å². The minimum atomic E-state index is -0.611.